The summed E-state index contributed by atoms with van der Waals surface area (Å²) in [7, 11) is 3.14. The molecule has 34 heavy (non-hydrogen) atoms. The van der Waals surface area contributed by atoms with Gasteiger partial charge in [-0.15, -0.1) is 0 Å². The first kappa shape index (κ1) is 24.4. The number of carbonyl (C=O) groups excluding carboxylic acids is 2. The van der Waals surface area contributed by atoms with E-state index in [4.69, 9.17) is 13.9 Å². The molecule has 186 valence electrons. The molecule has 0 radical (unpaired) electrons. The Labute approximate surface area is 201 Å². The average molecular weight is 472 g/mol. The van der Waals surface area contributed by atoms with E-state index in [9.17, 15) is 9.59 Å². The van der Waals surface area contributed by atoms with Crippen LogP contribution in [0.15, 0.2) is 16.5 Å². The van der Waals surface area contributed by atoms with E-state index in [2.05, 4.69) is 10.2 Å². The van der Waals surface area contributed by atoms with Gasteiger partial charge in [0.15, 0.2) is 17.1 Å². The summed E-state index contributed by atoms with van der Waals surface area (Å²) in [6.45, 7) is 5.75. The number of benzene rings is 1. The van der Waals surface area contributed by atoms with Crippen LogP contribution in [-0.2, 0) is 4.79 Å². The summed E-state index contributed by atoms with van der Waals surface area (Å²) in [5.74, 6) is 1.39. The number of hydrogen-bond donors (Lipinski definition) is 1. The Morgan fingerprint density at radius 1 is 1.03 bits per heavy atom. The number of carbonyl (C=O) groups is 2. The van der Waals surface area contributed by atoms with Gasteiger partial charge in [-0.1, -0.05) is 6.42 Å². The summed E-state index contributed by atoms with van der Waals surface area (Å²) in [4.78, 5) is 30.4. The number of piperidine rings is 1. The zero-order valence-electron chi connectivity index (χ0n) is 20.7. The standard InChI is InChI=1S/C26H37N3O5/c1-18-20-10-11-21(32-2)25(33-3)24(20)34-23(18)26(31)29-15-7-6-14-28-13-5-4-9-19(28)17-22(30)27-12-8-16-29/h10-11,19H,4-9,12-17H2,1-3H3,(H,27,30). The number of rotatable bonds is 3. The second kappa shape index (κ2) is 11.1. The summed E-state index contributed by atoms with van der Waals surface area (Å²) in [6, 6.07) is 4.07. The lowest BCUT2D eigenvalue weighted by Crippen LogP contribution is -2.43. The van der Waals surface area contributed by atoms with Gasteiger partial charge >= 0.3 is 0 Å². The van der Waals surface area contributed by atoms with Gasteiger partial charge in [-0.3, -0.25) is 14.5 Å². The van der Waals surface area contributed by atoms with Crippen molar-refractivity contribution in [3.05, 3.63) is 23.5 Å². The second-order valence-corrected chi connectivity index (χ2v) is 9.33. The molecule has 2 fully saturated rings. The van der Waals surface area contributed by atoms with E-state index in [-0.39, 0.29) is 11.8 Å². The highest BCUT2D eigenvalue weighted by atomic mass is 16.5. The highest BCUT2D eigenvalue weighted by Gasteiger charge is 2.27. The number of ether oxygens (including phenoxy) is 2. The topological polar surface area (TPSA) is 84.3 Å². The van der Waals surface area contributed by atoms with Crippen molar-refractivity contribution in [1.82, 2.24) is 15.1 Å². The average Bonchev–Trinajstić information content (AvgIpc) is 3.19. The van der Waals surface area contributed by atoms with Gasteiger partial charge in [-0.2, -0.15) is 0 Å². The zero-order chi connectivity index (χ0) is 24.1. The van der Waals surface area contributed by atoms with Gasteiger partial charge < -0.3 is 24.1 Å². The van der Waals surface area contributed by atoms with Crippen LogP contribution in [0.5, 0.6) is 11.5 Å². The third-order valence-corrected chi connectivity index (χ3v) is 7.15. The lowest BCUT2D eigenvalue weighted by Gasteiger charge is -2.35. The molecule has 0 bridgehead atoms. The SMILES string of the molecule is COc1ccc2c(C)c(C(=O)N3CCCCN4CCCCC4CC(=O)NCCC3)oc2c1OC. The lowest BCUT2D eigenvalue weighted by atomic mass is 9.98. The minimum atomic E-state index is -0.119. The summed E-state index contributed by atoms with van der Waals surface area (Å²) in [5, 5.41) is 3.90. The third kappa shape index (κ3) is 5.17. The molecule has 2 aliphatic heterocycles. The third-order valence-electron chi connectivity index (χ3n) is 7.15. The number of furan rings is 1. The first-order chi connectivity index (χ1) is 16.5. The van der Waals surface area contributed by atoms with Crippen molar-refractivity contribution >= 4 is 22.8 Å². The van der Waals surface area contributed by atoms with Crippen molar-refractivity contribution in [1.29, 1.82) is 0 Å². The van der Waals surface area contributed by atoms with E-state index < -0.39 is 0 Å². The normalized spacial score (nSPS) is 21.1. The molecule has 1 N–H and O–H groups in total. The van der Waals surface area contributed by atoms with Gasteiger partial charge in [0.1, 0.15) is 0 Å². The summed E-state index contributed by atoms with van der Waals surface area (Å²) in [6.07, 6.45) is 6.71. The van der Waals surface area contributed by atoms with Gasteiger partial charge in [-0.25, -0.2) is 0 Å². The van der Waals surface area contributed by atoms with Crippen LogP contribution >= 0.6 is 0 Å². The molecule has 8 nitrogen and oxygen atoms in total. The molecule has 1 aromatic heterocycles. The van der Waals surface area contributed by atoms with Gasteiger partial charge in [-0.05, 0) is 64.3 Å². The quantitative estimate of drug-likeness (QED) is 0.734. The van der Waals surface area contributed by atoms with E-state index in [1.165, 1.54) is 12.8 Å². The first-order valence-electron chi connectivity index (χ1n) is 12.5. The van der Waals surface area contributed by atoms with Crippen LogP contribution < -0.4 is 14.8 Å². The predicted octanol–water partition coefficient (Wildman–Crippen LogP) is 3.75. The Morgan fingerprint density at radius 2 is 1.76 bits per heavy atom. The lowest BCUT2D eigenvalue weighted by molar-refractivity contribution is -0.122. The highest BCUT2D eigenvalue weighted by molar-refractivity contribution is 6.00. The zero-order valence-corrected chi connectivity index (χ0v) is 20.7. The van der Waals surface area contributed by atoms with Gasteiger partial charge in [0.05, 0.1) is 14.2 Å². The molecule has 1 aromatic carbocycles. The van der Waals surface area contributed by atoms with Gasteiger partial charge in [0.25, 0.3) is 5.91 Å². The molecule has 2 aromatic rings. The number of amides is 2. The Morgan fingerprint density at radius 3 is 2.53 bits per heavy atom. The molecule has 3 heterocycles. The molecule has 4 rings (SSSR count). The smallest absolute Gasteiger partial charge is 0.289 e. The molecular weight excluding hydrogens is 434 g/mol. The molecule has 2 aliphatic rings. The Balaban J connectivity index is 1.53. The van der Waals surface area contributed by atoms with Crippen molar-refractivity contribution in [3.8, 4) is 11.5 Å². The van der Waals surface area contributed by atoms with Gasteiger partial charge in [0.2, 0.25) is 11.7 Å². The van der Waals surface area contributed by atoms with Crippen molar-refractivity contribution in [2.45, 2.75) is 57.9 Å². The number of hydrogen-bond acceptors (Lipinski definition) is 6. The van der Waals surface area contributed by atoms with Crippen LogP contribution in [0.4, 0.5) is 0 Å². The summed E-state index contributed by atoms with van der Waals surface area (Å²) >= 11 is 0. The minimum Gasteiger partial charge on any atom is -0.493 e. The molecule has 0 spiro atoms. The molecule has 1 atom stereocenters. The Hall–Kier alpha value is -2.74. The molecule has 0 saturated carbocycles. The molecule has 2 amide bonds. The molecule has 0 aliphatic carbocycles. The van der Waals surface area contributed by atoms with Crippen molar-refractivity contribution in [2.24, 2.45) is 0 Å². The fraction of sp³-hybridized carbons (Fsp3) is 0.615. The van der Waals surface area contributed by atoms with Crippen LogP contribution in [0.3, 0.4) is 0 Å². The van der Waals surface area contributed by atoms with Crippen LogP contribution in [-0.4, -0.2) is 74.6 Å². The number of methoxy groups -OCH3 is 2. The first-order valence-corrected chi connectivity index (χ1v) is 12.5. The van der Waals surface area contributed by atoms with Crippen molar-refractivity contribution in [2.75, 3.05) is 46.9 Å². The largest absolute Gasteiger partial charge is 0.493 e. The van der Waals surface area contributed by atoms with Crippen LogP contribution in [0.1, 0.15) is 61.1 Å². The van der Waals surface area contributed by atoms with E-state index in [1.54, 1.807) is 14.2 Å². The minimum absolute atomic E-state index is 0.114. The second-order valence-electron chi connectivity index (χ2n) is 9.33. The summed E-state index contributed by atoms with van der Waals surface area (Å²) in [5.41, 5.74) is 1.32. The predicted molar refractivity (Wildman–Crippen MR) is 131 cm³/mol. The fourth-order valence-electron chi connectivity index (χ4n) is 5.25. The maximum Gasteiger partial charge on any atom is 0.289 e. The van der Waals surface area contributed by atoms with E-state index in [0.29, 0.717) is 61.4 Å². The maximum atomic E-state index is 13.6. The fourth-order valence-corrected chi connectivity index (χ4v) is 5.25. The van der Waals surface area contributed by atoms with E-state index >= 15 is 0 Å². The molecule has 2 saturated heterocycles. The number of fused-ring (bicyclic) bond motifs is 2. The number of nitrogens with one attached hydrogen (secondary N) is 1. The van der Waals surface area contributed by atoms with Crippen molar-refractivity contribution in [3.63, 3.8) is 0 Å². The van der Waals surface area contributed by atoms with E-state index in [1.807, 2.05) is 24.0 Å². The van der Waals surface area contributed by atoms with Gasteiger partial charge in [0, 0.05) is 43.0 Å². The van der Waals surface area contributed by atoms with Crippen LogP contribution in [0, 0.1) is 6.92 Å². The Kier molecular flexibility index (Phi) is 7.98. The van der Waals surface area contributed by atoms with Crippen LogP contribution in [0.2, 0.25) is 0 Å². The van der Waals surface area contributed by atoms with E-state index in [0.717, 1.165) is 43.3 Å². The van der Waals surface area contributed by atoms with Crippen LogP contribution in [0.25, 0.3) is 11.0 Å². The molecule has 8 heteroatoms. The molecular formula is C26H37N3O5. The Bertz CT molecular complexity index is 1020. The number of aryl methyl sites for hydroxylation is 1. The summed E-state index contributed by atoms with van der Waals surface area (Å²) < 4.78 is 17.0. The van der Waals surface area contributed by atoms with Crippen molar-refractivity contribution < 1.29 is 23.5 Å². The number of nitrogens with zero attached hydrogens (tertiary/aromatic N) is 2. The maximum absolute atomic E-state index is 13.6. The monoisotopic (exact) mass is 471 g/mol. The molecule has 1 unspecified atom stereocenters. The highest BCUT2D eigenvalue weighted by Crippen LogP contribution is 2.39.